The molecule has 0 bridgehead atoms. The number of hydrogen-bond acceptors (Lipinski definition) is 4. The number of carbonyl (C=O) groups excluding carboxylic acids is 1. The molecule has 0 aliphatic carbocycles. The Bertz CT molecular complexity index is 795. The first-order valence-corrected chi connectivity index (χ1v) is 8.55. The lowest BCUT2D eigenvalue weighted by molar-refractivity contribution is 0.237. The van der Waals surface area contributed by atoms with E-state index in [9.17, 15) is 4.79 Å². The summed E-state index contributed by atoms with van der Waals surface area (Å²) in [5.74, 6) is 0. The summed E-state index contributed by atoms with van der Waals surface area (Å²) in [6, 6.07) is 9.54. The predicted octanol–water partition coefficient (Wildman–Crippen LogP) is 3.20. The molecule has 2 N–H and O–H groups in total. The van der Waals surface area contributed by atoms with Gasteiger partial charge in [0, 0.05) is 23.5 Å². The van der Waals surface area contributed by atoms with Crippen LogP contribution >= 0.6 is 11.3 Å². The first-order valence-electron chi connectivity index (χ1n) is 7.67. The second-order valence-electron chi connectivity index (χ2n) is 5.47. The highest BCUT2D eigenvalue weighted by atomic mass is 32.1. The lowest BCUT2D eigenvalue weighted by Crippen LogP contribution is -2.36. The second kappa shape index (κ2) is 7.27. The van der Waals surface area contributed by atoms with Crippen LogP contribution < -0.4 is 10.6 Å². The van der Waals surface area contributed by atoms with Crippen LogP contribution in [0, 0.1) is 6.92 Å². The summed E-state index contributed by atoms with van der Waals surface area (Å²) in [5, 5.41) is 12.8. The Balaban J connectivity index is 1.54. The van der Waals surface area contributed by atoms with Gasteiger partial charge in [0.05, 0.1) is 18.3 Å². The molecule has 0 saturated carbocycles. The van der Waals surface area contributed by atoms with Crippen molar-refractivity contribution >= 4 is 17.4 Å². The van der Waals surface area contributed by atoms with Crippen molar-refractivity contribution in [3.8, 4) is 5.69 Å². The molecule has 24 heavy (non-hydrogen) atoms. The molecule has 7 heteroatoms. The van der Waals surface area contributed by atoms with E-state index in [0.29, 0.717) is 6.54 Å². The van der Waals surface area contributed by atoms with E-state index < -0.39 is 0 Å². The topological polar surface area (TPSA) is 71.8 Å². The van der Waals surface area contributed by atoms with Gasteiger partial charge in [0.2, 0.25) is 0 Å². The number of benzene rings is 1. The molecule has 0 saturated heterocycles. The molecule has 1 aromatic carbocycles. The van der Waals surface area contributed by atoms with Crippen LogP contribution in [0.2, 0.25) is 0 Å². The van der Waals surface area contributed by atoms with E-state index in [0.717, 1.165) is 22.0 Å². The number of hydrogen-bond donors (Lipinski definition) is 2. The quantitative estimate of drug-likeness (QED) is 0.748. The molecule has 0 radical (unpaired) electrons. The smallest absolute Gasteiger partial charge is 0.315 e. The number of aryl methyl sites for hydroxylation is 1. The highest BCUT2D eigenvalue weighted by Crippen LogP contribution is 2.15. The summed E-state index contributed by atoms with van der Waals surface area (Å²) in [5.41, 5.74) is 2.99. The number of aromatic nitrogens is 3. The van der Waals surface area contributed by atoms with Crippen molar-refractivity contribution < 1.29 is 4.79 Å². The van der Waals surface area contributed by atoms with Gasteiger partial charge in [0.1, 0.15) is 5.01 Å². The van der Waals surface area contributed by atoms with Crippen LogP contribution in [0.5, 0.6) is 0 Å². The van der Waals surface area contributed by atoms with Gasteiger partial charge in [-0.3, -0.25) is 0 Å². The van der Waals surface area contributed by atoms with E-state index in [-0.39, 0.29) is 12.1 Å². The normalized spacial score (nSPS) is 11.9. The van der Waals surface area contributed by atoms with Gasteiger partial charge >= 0.3 is 6.03 Å². The van der Waals surface area contributed by atoms with Gasteiger partial charge in [-0.05, 0) is 37.6 Å². The molecule has 124 valence electrons. The fourth-order valence-corrected chi connectivity index (χ4v) is 3.02. The van der Waals surface area contributed by atoms with Crippen molar-refractivity contribution in [1.29, 1.82) is 0 Å². The molecule has 0 unspecified atom stereocenters. The van der Waals surface area contributed by atoms with Crippen molar-refractivity contribution in [2.45, 2.75) is 26.4 Å². The highest BCUT2D eigenvalue weighted by molar-refractivity contribution is 7.09. The first kappa shape index (κ1) is 16.2. The number of thiazole rings is 1. The summed E-state index contributed by atoms with van der Waals surface area (Å²) >= 11 is 1.55. The largest absolute Gasteiger partial charge is 0.332 e. The maximum Gasteiger partial charge on any atom is 0.315 e. The van der Waals surface area contributed by atoms with Crippen LogP contribution in [0.15, 0.2) is 48.1 Å². The van der Waals surface area contributed by atoms with Crippen molar-refractivity contribution in [3.05, 3.63) is 64.4 Å². The van der Waals surface area contributed by atoms with Crippen LogP contribution in [0.4, 0.5) is 4.79 Å². The van der Waals surface area contributed by atoms with E-state index in [1.165, 1.54) is 0 Å². The minimum Gasteiger partial charge on any atom is -0.332 e. The van der Waals surface area contributed by atoms with Crippen LogP contribution in [-0.2, 0) is 6.54 Å². The summed E-state index contributed by atoms with van der Waals surface area (Å²) in [7, 11) is 0. The first-order chi connectivity index (χ1) is 11.6. The molecule has 0 aliphatic rings. The third kappa shape index (κ3) is 3.99. The molecule has 3 rings (SSSR count). The summed E-state index contributed by atoms with van der Waals surface area (Å²) in [6.07, 6.45) is 3.64. The molecular formula is C17H19N5OS. The minimum absolute atomic E-state index is 0.0882. The molecule has 0 aliphatic heterocycles. The van der Waals surface area contributed by atoms with Gasteiger partial charge in [0.15, 0.2) is 0 Å². The monoisotopic (exact) mass is 341 g/mol. The maximum atomic E-state index is 12.0. The molecule has 3 aromatic rings. The van der Waals surface area contributed by atoms with Gasteiger partial charge < -0.3 is 10.6 Å². The average molecular weight is 341 g/mol. The molecule has 2 aromatic heterocycles. The van der Waals surface area contributed by atoms with Gasteiger partial charge in [-0.25, -0.2) is 14.5 Å². The third-order valence-electron chi connectivity index (χ3n) is 3.58. The van der Waals surface area contributed by atoms with E-state index in [4.69, 9.17) is 0 Å². The number of carbonyl (C=O) groups is 1. The predicted molar refractivity (Wildman–Crippen MR) is 94.2 cm³/mol. The summed E-state index contributed by atoms with van der Waals surface area (Å²) in [6.45, 7) is 4.33. The lowest BCUT2D eigenvalue weighted by atomic mass is 10.1. The standard InChI is InChI=1S/C17H19N5OS/c1-12-11-24-16(20-12)10-18-17(23)21-13(2)14-4-6-15(7-5-14)22-9-3-8-19-22/h3-9,11,13H,10H2,1-2H3,(H2,18,21,23)/t13-/m1/s1. The number of nitrogens with one attached hydrogen (secondary N) is 2. The van der Waals surface area contributed by atoms with Crippen LogP contribution in [0.25, 0.3) is 5.69 Å². The number of nitrogens with zero attached hydrogens (tertiary/aromatic N) is 3. The number of rotatable bonds is 5. The van der Waals surface area contributed by atoms with Gasteiger partial charge in [-0.2, -0.15) is 5.10 Å². The third-order valence-corrected chi connectivity index (χ3v) is 4.54. The zero-order chi connectivity index (χ0) is 16.9. The number of amides is 2. The SMILES string of the molecule is Cc1csc(CNC(=O)N[C@H](C)c2ccc(-n3cccn3)cc2)n1. The Morgan fingerprint density at radius 2 is 2.12 bits per heavy atom. The van der Waals surface area contributed by atoms with E-state index in [2.05, 4.69) is 20.7 Å². The van der Waals surface area contributed by atoms with Gasteiger partial charge in [-0.15, -0.1) is 11.3 Å². The average Bonchev–Trinajstić information content (AvgIpc) is 3.25. The minimum atomic E-state index is -0.202. The molecule has 0 spiro atoms. The Labute approximate surface area is 144 Å². The zero-order valence-corrected chi connectivity index (χ0v) is 14.4. The fourth-order valence-electron chi connectivity index (χ4n) is 2.31. The van der Waals surface area contributed by atoms with E-state index in [1.807, 2.05) is 55.8 Å². The van der Waals surface area contributed by atoms with Crippen molar-refractivity contribution in [3.63, 3.8) is 0 Å². The molecule has 1 atom stereocenters. The Kier molecular flexibility index (Phi) is 4.90. The summed E-state index contributed by atoms with van der Waals surface area (Å²) < 4.78 is 1.80. The number of urea groups is 1. The van der Waals surface area contributed by atoms with E-state index >= 15 is 0 Å². The molecule has 2 heterocycles. The zero-order valence-electron chi connectivity index (χ0n) is 13.6. The second-order valence-corrected chi connectivity index (χ2v) is 6.42. The van der Waals surface area contributed by atoms with Gasteiger partial charge in [-0.1, -0.05) is 12.1 Å². The Morgan fingerprint density at radius 1 is 1.33 bits per heavy atom. The van der Waals surface area contributed by atoms with Crippen molar-refractivity contribution in [2.24, 2.45) is 0 Å². The Morgan fingerprint density at radius 3 is 2.75 bits per heavy atom. The van der Waals surface area contributed by atoms with E-state index in [1.54, 1.807) is 22.2 Å². The molecule has 6 nitrogen and oxygen atoms in total. The van der Waals surface area contributed by atoms with Crippen molar-refractivity contribution in [1.82, 2.24) is 25.4 Å². The highest BCUT2D eigenvalue weighted by Gasteiger charge is 2.10. The summed E-state index contributed by atoms with van der Waals surface area (Å²) in [4.78, 5) is 16.3. The molecule has 0 fully saturated rings. The van der Waals surface area contributed by atoms with Crippen LogP contribution in [0.3, 0.4) is 0 Å². The van der Waals surface area contributed by atoms with Crippen LogP contribution in [0.1, 0.15) is 29.2 Å². The molecular weight excluding hydrogens is 322 g/mol. The fraction of sp³-hybridized carbons (Fsp3) is 0.235. The van der Waals surface area contributed by atoms with Gasteiger partial charge in [0.25, 0.3) is 0 Å². The van der Waals surface area contributed by atoms with Crippen LogP contribution in [-0.4, -0.2) is 20.8 Å². The maximum absolute atomic E-state index is 12.0. The van der Waals surface area contributed by atoms with Crippen molar-refractivity contribution in [2.75, 3.05) is 0 Å². The molecule has 2 amide bonds. The Hall–Kier alpha value is -2.67. The lowest BCUT2D eigenvalue weighted by Gasteiger charge is -2.15.